The van der Waals surface area contributed by atoms with Gasteiger partial charge >= 0.3 is 0 Å². The van der Waals surface area contributed by atoms with Crippen molar-refractivity contribution in [3.8, 4) is 17.0 Å². The third-order valence-electron chi connectivity index (χ3n) is 6.34. The number of aromatic hydroxyl groups is 1. The second-order valence-corrected chi connectivity index (χ2v) is 8.75. The Morgan fingerprint density at radius 1 is 1.30 bits per heavy atom. The van der Waals surface area contributed by atoms with Gasteiger partial charge in [0.1, 0.15) is 23.2 Å². The largest absolute Gasteiger partial charge is 0.507 e. The summed E-state index contributed by atoms with van der Waals surface area (Å²) in [5.74, 6) is 0.805. The Morgan fingerprint density at radius 3 is 2.90 bits per heavy atom. The molecule has 1 aromatic carbocycles. The molecule has 2 fully saturated rings. The molecule has 30 heavy (non-hydrogen) atoms. The molecule has 3 aliphatic heterocycles. The number of phenolic OH excluding ortho intramolecular Hbond substituents is 1. The van der Waals surface area contributed by atoms with Crippen LogP contribution in [0.3, 0.4) is 0 Å². The van der Waals surface area contributed by atoms with Crippen molar-refractivity contribution in [2.24, 2.45) is 0 Å². The number of fused-ring (bicyclic) bond motifs is 2. The molecule has 0 aliphatic carbocycles. The highest BCUT2D eigenvalue weighted by Crippen LogP contribution is 2.49. The molecule has 8 heteroatoms. The van der Waals surface area contributed by atoms with Crippen LogP contribution in [0.15, 0.2) is 18.2 Å². The maximum atomic E-state index is 14.1. The van der Waals surface area contributed by atoms with Crippen molar-refractivity contribution in [2.75, 3.05) is 38.7 Å². The van der Waals surface area contributed by atoms with Gasteiger partial charge < -0.3 is 24.8 Å². The predicted molar refractivity (Wildman–Crippen MR) is 110 cm³/mol. The summed E-state index contributed by atoms with van der Waals surface area (Å²) in [6.07, 6.45) is 0.303. The van der Waals surface area contributed by atoms with Gasteiger partial charge in [0.2, 0.25) is 0 Å². The van der Waals surface area contributed by atoms with Crippen molar-refractivity contribution < 1.29 is 19.0 Å². The molecule has 160 valence electrons. The molecule has 1 spiro atoms. The van der Waals surface area contributed by atoms with Gasteiger partial charge in [-0.25, -0.2) is 4.39 Å². The smallest absolute Gasteiger partial charge is 0.154 e. The van der Waals surface area contributed by atoms with E-state index >= 15 is 0 Å². The number of hydrogen-bond donors (Lipinski definition) is 2. The minimum absolute atomic E-state index is 0.0489. The summed E-state index contributed by atoms with van der Waals surface area (Å²) in [5, 5.41) is 23.0. The summed E-state index contributed by atoms with van der Waals surface area (Å²) >= 11 is 0. The number of nitrogens with zero attached hydrogens (tertiary/aromatic N) is 3. The van der Waals surface area contributed by atoms with E-state index in [0.717, 1.165) is 29.7 Å². The highest BCUT2D eigenvalue weighted by Gasteiger charge is 2.47. The third-order valence-corrected chi connectivity index (χ3v) is 6.34. The lowest BCUT2D eigenvalue weighted by atomic mass is 9.88. The number of likely N-dealkylation sites (tertiary alicyclic amines) is 1. The van der Waals surface area contributed by atoms with E-state index in [9.17, 15) is 9.50 Å². The van der Waals surface area contributed by atoms with Crippen LogP contribution >= 0.6 is 0 Å². The van der Waals surface area contributed by atoms with E-state index in [1.54, 1.807) is 6.07 Å². The Hall–Kier alpha value is -2.29. The zero-order valence-corrected chi connectivity index (χ0v) is 17.3. The minimum Gasteiger partial charge on any atom is -0.507 e. The number of halogens is 1. The van der Waals surface area contributed by atoms with Crippen LogP contribution in [-0.4, -0.2) is 65.8 Å². The Labute approximate surface area is 175 Å². The summed E-state index contributed by atoms with van der Waals surface area (Å²) in [6.45, 7) is 4.58. The fourth-order valence-corrected chi connectivity index (χ4v) is 4.93. The standard InChI is InChI=1S/C22H27FN4O3/c1-13-3-4-16(18(28)7-13)20-19-17(11-30-22(19)5-6-29-12-22)21(26-25-20)24-15-8-14(23)9-27(2)10-15/h3-4,7,14-15,28H,5-6,8-12H2,1-2H3,(H,24,26)/t14-,15?,22+/m1/s1. The highest BCUT2D eigenvalue weighted by molar-refractivity contribution is 5.74. The molecule has 0 radical (unpaired) electrons. The van der Waals surface area contributed by atoms with Crippen LogP contribution in [0.5, 0.6) is 5.75 Å². The normalized spacial score (nSPS) is 28.8. The van der Waals surface area contributed by atoms with Gasteiger partial charge in [-0.2, -0.15) is 0 Å². The topological polar surface area (TPSA) is 79.7 Å². The van der Waals surface area contributed by atoms with E-state index < -0.39 is 11.8 Å². The Kier molecular flexibility index (Phi) is 4.88. The minimum atomic E-state index is -0.864. The first-order valence-electron chi connectivity index (χ1n) is 10.5. The number of phenols is 1. The average Bonchev–Trinajstić information content (AvgIpc) is 3.31. The fourth-order valence-electron chi connectivity index (χ4n) is 4.93. The van der Waals surface area contributed by atoms with Gasteiger partial charge in [0.15, 0.2) is 5.82 Å². The first kappa shape index (κ1) is 19.7. The quantitative estimate of drug-likeness (QED) is 0.799. The number of piperidine rings is 1. The van der Waals surface area contributed by atoms with Crippen LogP contribution in [0, 0.1) is 6.92 Å². The monoisotopic (exact) mass is 414 g/mol. The average molecular weight is 414 g/mol. The number of nitrogens with one attached hydrogen (secondary N) is 1. The van der Waals surface area contributed by atoms with Crippen molar-refractivity contribution >= 4 is 5.82 Å². The lowest BCUT2D eigenvalue weighted by molar-refractivity contribution is -0.0418. The molecule has 0 bridgehead atoms. The van der Waals surface area contributed by atoms with Gasteiger partial charge in [0, 0.05) is 55.3 Å². The number of likely N-dealkylation sites (N-methyl/N-ethyl adjacent to an activating group) is 1. The SMILES string of the molecule is Cc1ccc(-c2nnc(NC3C[C@@H](F)CN(C)C3)c3c2[C@@]2(CCOC2)OC3)c(O)c1. The van der Waals surface area contributed by atoms with Crippen LogP contribution in [0.25, 0.3) is 11.3 Å². The molecule has 2 aromatic rings. The van der Waals surface area contributed by atoms with Crippen molar-refractivity contribution in [1.29, 1.82) is 0 Å². The maximum Gasteiger partial charge on any atom is 0.154 e. The second kappa shape index (κ2) is 7.44. The number of benzene rings is 1. The van der Waals surface area contributed by atoms with Crippen molar-refractivity contribution in [2.45, 2.75) is 44.2 Å². The highest BCUT2D eigenvalue weighted by atomic mass is 19.1. The molecule has 0 amide bonds. The Balaban J connectivity index is 1.58. The third kappa shape index (κ3) is 3.33. The van der Waals surface area contributed by atoms with Gasteiger partial charge in [-0.1, -0.05) is 6.07 Å². The maximum absolute atomic E-state index is 14.1. The zero-order chi connectivity index (χ0) is 20.9. The molecule has 0 saturated carbocycles. The number of rotatable bonds is 3. The molecular formula is C22H27FN4O3. The number of aryl methyl sites for hydroxylation is 1. The molecular weight excluding hydrogens is 387 g/mol. The summed E-state index contributed by atoms with van der Waals surface area (Å²) in [6, 6.07) is 5.49. The number of alkyl halides is 1. The molecule has 3 aliphatic rings. The van der Waals surface area contributed by atoms with Crippen LogP contribution < -0.4 is 5.32 Å². The number of aromatic nitrogens is 2. The second-order valence-electron chi connectivity index (χ2n) is 8.75. The first-order chi connectivity index (χ1) is 14.4. The predicted octanol–water partition coefficient (Wildman–Crippen LogP) is 2.76. The first-order valence-corrected chi connectivity index (χ1v) is 10.5. The lowest BCUT2D eigenvalue weighted by Crippen LogP contribution is -2.45. The van der Waals surface area contributed by atoms with Crippen molar-refractivity contribution in [1.82, 2.24) is 15.1 Å². The molecule has 4 heterocycles. The molecule has 1 unspecified atom stereocenters. The van der Waals surface area contributed by atoms with Crippen LogP contribution in [0.1, 0.15) is 29.5 Å². The Morgan fingerprint density at radius 2 is 2.17 bits per heavy atom. The number of ether oxygens (including phenoxy) is 2. The molecule has 3 atom stereocenters. The molecule has 2 N–H and O–H groups in total. The van der Waals surface area contributed by atoms with Gasteiger partial charge in [-0.05, 0) is 31.7 Å². The van der Waals surface area contributed by atoms with Crippen molar-refractivity contribution in [3.05, 3.63) is 34.9 Å². The summed E-state index contributed by atoms with van der Waals surface area (Å²) in [4.78, 5) is 1.99. The Bertz CT molecular complexity index is 954. The van der Waals surface area contributed by atoms with Crippen LogP contribution in [-0.2, 0) is 21.7 Å². The molecule has 2 saturated heterocycles. The van der Waals surface area contributed by atoms with Crippen molar-refractivity contribution in [3.63, 3.8) is 0 Å². The van der Waals surface area contributed by atoms with E-state index in [2.05, 4.69) is 15.5 Å². The van der Waals surface area contributed by atoms with E-state index in [0.29, 0.717) is 49.9 Å². The van der Waals surface area contributed by atoms with Crippen LogP contribution in [0.2, 0.25) is 0 Å². The molecule has 5 rings (SSSR count). The summed E-state index contributed by atoms with van der Waals surface area (Å²) in [7, 11) is 1.92. The van der Waals surface area contributed by atoms with E-state index in [4.69, 9.17) is 9.47 Å². The van der Waals surface area contributed by atoms with E-state index in [-0.39, 0.29) is 11.8 Å². The number of hydrogen-bond acceptors (Lipinski definition) is 7. The van der Waals surface area contributed by atoms with E-state index in [1.807, 2.05) is 31.0 Å². The fraction of sp³-hybridized carbons (Fsp3) is 0.545. The van der Waals surface area contributed by atoms with Gasteiger partial charge in [0.05, 0.1) is 13.2 Å². The van der Waals surface area contributed by atoms with E-state index in [1.165, 1.54) is 0 Å². The molecule has 1 aromatic heterocycles. The van der Waals surface area contributed by atoms with Gasteiger partial charge in [-0.3, -0.25) is 0 Å². The molecule has 7 nitrogen and oxygen atoms in total. The van der Waals surface area contributed by atoms with Gasteiger partial charge in [-0.15, -0.1) is 10.2 Å². The lowest BCUT2D eigenvalue weighted by Gasteiger charge is -2.33. The summed E-state index contributed by atoms with van der Waals surface area (Å²) in [5.41, 5.74) is 3.50. The summed E-state index contributed by atoms with van der Waals surface area (Å²) < 4.78 is 26.0. The number of anilines is 1. The zero-order valence-electron chi connectivity index (χ0n) is 17.3. The van der Waals surface area contributed by atoms with Gasteiger partial charge in [0.25, 0.3) is 0 Å². The van der Waals surface area contributed by atoms with Crippen LogP contribution in [0.4, 0.5) is 10.2 Å².